The summed E-state index contributed by atoms with van der Waals surface area (Å²) in [5, 5.41) is 6.17. The molecule has 24 heavy (non-hydrogen) atoms. The molecule has 134 valence electrons. The molecule has 2 amide bonds. The first kappa shape index (κ1) is 20.7. The molecule has 1 aromatic carbocycles. The zero-order valence-corrected chi connectivity index (χ0v) is 15.4. The largest absolute Gasteiger partial charge is 0.352 e. The molecule has 1 aliphatic carbocycles. The van der Waals surface area contributed by atoms with Crippen molar-refractivity contribution >= 4 is 41.5 Å². The van der Waals surface area contributed by atoms with Gasteiger partial charge >= 0.3 is 0 Å². The summed E-state index contributed by atoms with van der Waals surface area (Å²) < 4.78 is 0. The van der Waals surface area contributed by atoms with Crippen LogP contribution in [0, 0.1) is 11.8 Å². The van der Waals surface area contributed by atoms with Gasteiger partial charge in [-0.1, -0.05) is 24.9 Å². The Labute approximate surface area is 154 Å². The zero-order valence-electron chi connectivity index (χ0n) is 13.8. The van der Waals surface area contributed by atoms with Crippen LogP contribution in [0.1, 0.15) is 43.0 Å². The summed E-state index contributed by atoms with van der Waals surface area (Å²) in [5.41, 5.74) is 6.63. The monoisotopic (exact) mass is 373 g/mol. The standard InChI is InChI=1S/C17H24ClN3O2.ClH/c1-2-8-20-16(22)14-7-6-12(18)9-15(14)21-17(23)13-5-3-4-11(13)10-19;/h6-7,9,11,13H,2-5,8,10,19H2,1H3,(H,20,22)(H,21,23);1H/t11-,13-;/m1./s1. The molecule has 4 N–H and O–H groups in total. The smallest absolute Gasteiger partial charge is 0.253 e. The summed E-state index contributed by atoms with van der Waals surface area (Å²) in [4.78, 5) is 24.8. The number of anilines is 1. The minimum atomic E-state index is -0.208. The minimum absolute atomic E-state index is 0. The van der Waals surface area contributed by atoms with Crippen LogP contribution in [-0.2, 0) is 4.79 Å². The maximum atomic E-state index is 12.5. The Balaban J connectivity index is 0.00000288. The second-order valence-electron chi connectivity index (χ2n) is 5.97. The van der Waals surface area contributed by atoms with E-state index in [2.05, 4.69) is 10.6 Å². The summed E-state index contributed by atoms with van der Waals surface area (Å²) in [6.45, 7) is 3.09. The van der Waals surface area contributed by atoms with Crippen LogP contribution in [0.3, 0.4) is 0 Å². The molecule has 0 saturated heterocycles. The van der Waals surface area contributed by atoms with Crippen molar-refractivity contribution in [2.24, 2.45) is 17.6 Å². The van der Waals surface area contributed by atoms with Gasteiger partial charge in [0.15, 0.2) is 0 Å². The second kappa shape index (κ2) is 9.87. The minimum Gasteiger partial charge on any atom is -0.352 e. The molecule has 1 fully saturated rings. The zero-order chi connectivity index (χ0) is 16.8. The molecule has 5 nitrogen and oxygen atoms in total. The molecule has 0 unspecified atom stereocenters. The van der Waals surface area contributed by atoms with Crippen LogP contribution in [0.2, 0.25) is 5.02 Å². The van der Waals surface area contributed by atoms with Gasteiger partial charge in [0, 0.05) is 17.5 Å². The van der Waals surface area contributed by atoms with Crippen molar-refractivity contribution in [3.63, 3.8) is 0 Å². The molecule has 0 radical (unpaired) electrons. The number of halogens is 2. The first-order valence-corrected chi connectivity index (χ1v) is 8.53. The van der Waals surface area contributed by atoms with E-state index in [1.54, 1.807) is 18.2 Å². The lowest BCUT2D eigenvalue weighted by Gasteiger charge is -2.19. The number of amides is 2. The summed E-state index contributed by atoms with van der Waals surface area (Å²) >= 11 is 6.02. The molecule has 7 heteroatoms. The Hall–Kier alpha value is -1.30. The summed E-state index contributed by atoms with van der Waals surface area (Å²) in [6.07, 6.45) is 3.68. The summed E-state index contributed by atoms with van der Waals surface area (Å²) in [7, 11) is 0. The van der Waals surface area contributed by atoms with Gasteiger partial charge in [0.1, 0.15) is 0 Å². The van der Waals surface area contributed by atoms with Gasteiger partial charge < -0.3 is 16.4 Å². The molecule has 1 saturated carbocycles. The number of benzene rings is 1. The van der Waals surface area contributed by atoms with Gasteiger partial charge in [0.25, 0.3) is 5.91 Å². The average Bonchev–Trinajstić information content (AvgIpc) is 3.01. The van der Waals surface area contributed by atoms with Crippen LogP contribution in [0.25, 0.3) is 0 Å². The lowest BCUT2D eigenvalue weighted by molar-refractivity contribution is -0.120. The van der Waals surface area contributed by atoms with Crippen LogP contribution < -0.4 is 16.4 Å². The van der Waals surface area contributed by atoms with Gasteiger partial charge in [-0.15, -0.1) is 12.4 Å². The lowest BCUT2D eigenvalue weighted by atomic mass is 9.95. The van der Waals surface area contributed by atoms with E-state index in [9.17, 15) is 9.59 Å². The second-order valence-corrected chi connectivity index (χ2v) is 6.40. The van der Waals surface area contributed by atoms with Gasteiger partial charge in [0.05, 0.1) is 11.3 Å². The van der Waals surface area contributed by atoms with E-state index in [0.717, 1.165) is 25.7 Å². The van der Waals surface area contributed by atoms with E-state index in [-0.39, 0.29) is 36.1 Å². The third kappa shape index (κ3) is 5.10. The lowest BCUT2D eigenvalue weighted by Crippen LogP contribution is -2.31. The maximum absolute atomic E-state index is 12.5. The van der Waals surface area contributed by atoms with Crippen molar-refractivity contribution in [1.82, 2.24) is 5.32 Å². The average molecular weight is 374 g/mol. The van der Waals surface area contributed by atoms with Crippen molar-refractivity contribution < 1.29 is 9.59 Å². The van der Waals surface area contributed by atoms with E-state index in [1.165, 1.54) is 0 Å². The van der Waals surface area contributed by atoms with Crippen molar-refractivity contribution in [1.29, 1.82) is 0 Å². The highest BCUT2D eigenvalue weighted by Gasteiger charge is 2.32. The predicted molar refractivity (Wildman–Crippen MR) is 99.8 cm³/mol. The number of nitrogens with one attached hydrogen (secondary N) is 2. The van der Waals surface area contributed by atoms with Crippen LogP contribution in [-0.4, -0.2) is 24.9 Å². The third-order valence-corrected chi connectivity index (χ3v) is 4.55. The normalized spacial score (nSPS) is 19.5. The highest BCUT2D eigenvalue weighted by Crippen LogP contribution is 2.32. The molecule has 0 spiro atoms. The first-order chi connectivity index (χ1) is 11.1. The molecule has 0 aromatic heterocycles. The quantitative estimate of drug-likeness (QED) is 0.715. The van der Waals surface area contributed by atoms with E-state index in [0.29, 0.717) is 29.4 Å². The molecule has 1 aliphatic rings. The number of nitrogens with two attached hydrogens (primary N) is 1. The SMILES string of the molecule is CCCNC(=O)c1ccc(Cl)cc1NC(=O)[C@@H]1CCC[C@@H]1CN.Cl. The van der Waals surface area contributed by atoms with E-state index >= 15 is 0 Å². The predicted octanol–water partition coefficient (Wildman–Crippen LogP) is 3.22. The topological polar surface area (TPSA) is 84.2 Å². The molecule has 2 atom stereocenters. The van der Waals surface area contributed by atoms with Crippen LogP contribution >= 0.6 is 24.0 Å². The molecule has 2 rings (SSSR count). The maximum Gasteiger partial charge on any atom is 0.253 e. The Bertz CT molecular complexity index is 581. The Morgan fingerprint density at radius 2 is 2.08 bits per heavy atom. The molecule has 0 aliphatic heterocycles. The van der Waals surface area contributed by atoms with E-state index in [1.807, 2.05) is 6.92 Å². The fraction of sp³-hybridized carbons (Fsp3) is 0.529. The summed E-state index contributed by atoms with van der Waals surface area (Å²) in [5.74, 6) is -0.164. The number of rotatable bonds is 6. The van der Waals surface area contributed by atoms with E-state index in [4.69, 9.17) is 17.3 Å². The highest BCUT2D eigenvalue weighted by molar-refractivity contribution is 6.31. The Kier molecular flexibility index (Phi) is 8.53. The van der Waals surface area contributed by atoms with Gasteiger partial charge in [-0.3, -0.25) is 9.59 Å². The Morgan fingerprint density at radius 1 is 1.33 bits per heavy atom. The van der Waals surface area contributed by atoms with Crippen molar-refractivity contribution in [2.75, 3.05) is 18.4 Å². The first-order valence-electron chi connectivity index (χ1n) is 8.15. The number of hydrogen-bond acceptors (Lipinski definition) is 3. The van der Waals surface area contributed by atoms with Crippen molar-refractivity contribution in [3.05, 3.63) is 28.8 Å². The van der Waals surface area contributed by atoms with Crippen LogP contribution in [0.5, 0.6) is 0 Å². The molecular weight excluding hydrogens is 349 g/mol. The van der Waals surface area contributed by atoms with Gasteiger partial charge in [-0.05, 0) is 49.9 Å². The number of hydrogen-bond donors (Lipinski definition) is 3. The highest BCUT2D eigenvalue weighted by atomic mass is 35.5. The molecule has 0 bridgehead atoms. The van der Waals surface area contributed by atoms with Crippen LogP contribution in [0.4, 0.5) is 5.69 Å². The van der Waals surface area contributed by atoms with Gasteiger partial charge in [0.2, 0.25) is 5.91 Å². The van der Waals surface area contributed by atoms with Gasteiger partial charge in [-0.25, -0.2) is 0 Å². The van der Waals surface area contributed by atoms with E-state index < -0.39 is 0 Å². The van der Waals surface area contributed by atoms with Crippen molar-refractivity contribution in [2.45, 2.75) is 32.6 Å². The molecule has 0 heterocycles. The Morgan fingerprint density at radius 3 is 2.75 bits per heavy atom. The number of carbonyl (C=O) groups is 2. The van der Waals surface area contributed by atoms with Gasteiger partial charge in [-0.2, -0.15) is 0 Å². The molecular formula is C17H25Cl2N3O2. The fourth-order valence-electron chi connectivity index (χ4n) is 3.04. The fourth-order valence-corrected chi connectivity index (χ4v) is 3.21. The third-order valence-electron chi connectivity index (χ3n) is 4.32. The van der Waals surface area contributed by atoms with Crippen LogP contribution in [0.15, 0.2) is 18.2 Å². The summed E-state index contributed by atoms with van der Waals surface area (Å²) in [6, 6.07) is 4.90. The van der Waals surface area contributed by atoms with Crippen molar-refractivity contribution in [3.8, 4) is 0 Å². The molecule has 1 aromatic rings. The number of carbonyl (C=O) groups excluding carboxylic acids is 2.